The lowest BCUT2D eigenvalue weighted by molar-refractivity contribution is -0.113. The summed E-state index contributed by atoms with van der Waals surface area (Å²) in [6.07, 6.45) is -0.808. The zero-order valence-electron chi connectivity index (χ0n) is 14.8. The summed E-state index contributed by atoms with van der Waals surface area (Å²) in [7, 11) is 0. The van der Waals surface area contributed by atoms with Crippen molar-refractivity contribution in [3.8, 4) is 0 Å². The molecule has 2 rings (SSSR count). The highest BCUT2D eigenvalue weighted by molar-refractivity contribution is 8.00. The summed E-state index contributed by atoms with van der Waals surface area (Å²) in [4.78, 5) is 38.0. The first-order valence-electron chi connectivity index (χ1n) is 7.98. The van der Waals surface area contributed by atoms with Gasteiger partial charge in [-0.05, 0) is 38.5 Å². The fraction of sp³-hybridized carbons (Fsp3) is 0.278. The largest absolute Gasteiger partial charge is 0.450 e. The summed E-state index contributed by atoms with van der Waals surface area (Å²) in [6.45, 7) is 5.46. The van der Waals surface area contributed by atoms with Crippen molar-refractivity contribution in [3.63, 3.8) is 0 Å². The molecule has 26 heavy (non-hydrogen) atoms. The number of nitrogens with one attached hydrogen (secondary N) is 2. The molecule has 0 bridgehead atoms. The molecule has 0 aliphatic heterocycles. The van der Waals surface area contributed by atoms with Crippen LogP contribution < -0.4 is 10.6 Å². The molecule has 2 aromatic rings. The average Bonchev–Trinajstić information content (AvgIpc) is 2.88. The van der Waals surface area contributed by atoms with Gasteiger partial charge in [-0.3, -0.25) is 14.9 Å². The third-order valence-corrected chi connectivity index (χ3v) is 5.60. The molecular weight excluding hydrogens is 372 g/mol. The number of rotatable bonds is 6. The Labute approximate surface area is 160 Å². The standard InChI is InChI=1S/C18H20N2O4S2/c1-4-24-18(23)20-16(22)15-11(2)12(3)26-17(15)19-14(21)10-25-13-8-6-5-7-9-13/h5-9H,4,10H2,1-3H3,(H,19,21)(H,20,22,23). The summed E-state index contributed by atoms with van der Waals surface area (Å²) in [5, 5.41) is 5.38. The Morgan fingerprint density at radius 3 is 2.50 bits per heavy atom. The number of hydrogen-bond donors (Lipinski definition) is 2. The van der Waals surface area contributed by atoms with Gasteiger partial charge in [0.05, 0.1) is 17.9 Å². The van der Waals surface area contributed by atoms with Crippen molar-refractivity contribution in [2.24, 2.45) is 0 Å². The van der Waals surface area contributed by atoms with Gasteiger partial charge in [-0.25, -0.2) is 4.79 Å². The number of thioether (sulfide) groups is 1. The van der Waals surface area contributed by atoms with E-state index in [2.05, 4.69) is 10.6 Å². The van der Waals surface area contributed by atoms with E-state index in [9.17, 15) is 14.4 Å². The monoisotopic (exact) mass is 392 g/mol. The minimum Gasteiger partial charge on any atom is -0.450 e. The Morgan fingerprint density at radius 1 is 1.15 bits per heavy atom. The number of anilines is 1. The molecule has 0 aliphatic carbocycles. The van der Waals surface area contributed by atoms with Gasteiger partial charge in [0, 0.05) is 9.77 Å². The number of hydrogen-bond acceptors (Lipinski definition) is 6. The number of carbonyl (C=O) groups excluding carboxylic acids is 3. The summed E-state index contributed by atoms with van der Waals surface area (Å²) < 4.78 is 4.73. The lowest BCUT2D eigenvalue weighted by Crippen LogP contribution is -2.32. The Bertz CT molecular complexity index is 803. The Balaban J connectivity index is 2.06. The van der Waals surface area contributed by atoms with E-state index in [1.807, 2.05) is 37.3 Å². The van der Waals surface area contributed by atoms with E-state index in [-0.39, 0.29) is 18.3 Å². The van der Waals surface area contributed by atoms with E-state index in [1.54, 1.807) is 13.8 Å². The molecule has 2 N–H and O–H groups in total. The number of ether oxygens (including phenoxy) is 1. The Kier molecular flexibility index (Phi) is 7.23. The van der Waals surface area contributed by atoms with Crippen LogP contribution in [0.15, 0.2) is 35.2 Å². The molecule has 3 amide bonds. The first kappa shape index (κ1) is 20.0. The summed E-state index contributed by atoms with van der Waals surface area (Å²) in [5.41, 5.74) is 1.02. The van der Waals surface area contributed by atoms with Crippen molar-refractivity contribution in [2.45, 2.75) is 25.7 Å². The minimum absolute atomic E-state index is 0.168. The van der Waals surface area contributed by atoms with E-state index >= 15 is 0 Å². The lowest BCUT2D eigenvalue weighted by atomic mass is 10.1. The Morgan fingerprint density at radius 2 is 1.85 bits per heavy atom. The molecule has 1 aromatic carbocycles. The second kappa shape index (κ2) is 9.40. The molecule has 6 nitrogen and oxygen atoms in total. The van der Waals surface area contributed by atoms with Crippen LogP contribution in [-0.2, 0) is 9.53 Å². The van der Waals surface area contributed by atoms with Crippen LogP contribution in [0.1, 0.15) is 27.7 Å². The van der Waals surface area contributed by atoms with Crippen LogP contribution in [0.4, 0.5) is 9.80 Å². The first-order valence-corrected chi connectivity index (χ1v) is 9.78. The quantitative estimate of drug-likeness (QED) is 0.727. The third kappa shape index (κ3) is 5.34. The second-order valence-electron chi connectivity index (χ2n) is 5.31. The van der Waals surface area contributed by atoms with Gasteiger partial charge in [0.1, 0.15) is 5.00 Å². The number of benzene rings is 1. The highest BCUT2D eigenvalue weighted by atomic mass is 32.2. The molecule has 0 saturated heterocycles. The van der Waals surface area contributed by atoms with E-state index in [0.29, 0.717) is 10.6 Å². The summed E-state index contributed by atoms with van der Waals surface area (Å²) in [6, 6.07) is 9.58. The topological polar surface area (TPSA) is 84.5 Å². The van der Waals surface area contributed by atoms with E-state index in [4.69, 9.17) is 4.74 Å². The van der Waals surface area contributed by atoms with Crippen molar-refractivity contribution < 1.29 is 19.1 Å². The van der Waals surface area contributed by atoms with E-state index in [1.165, 1.54) is 23.1 Å². The first-order chi connectivity index (χ1) is 12.4. The molecule has 0 unspecified atom stereocenters. The molecule has 0 aliphatic rings. The van der Waals surface area contributed by atoms with Crippen molar-refractivity contribution in [2.75, 3.05) is 17.7 Å². The zero-order valence-corrected chi connectivity index (χ0v) is 16.4. The molecule has 8 heteroatoms. The van der Waals surface area contributed by atoms with Crippen molar-refractivity contribution in [1.82, 2.24) is 5.32 Å². The lowest BCUT2D eigenvalue weighted by Gasteiger charge is -2.08. The van der Waals surface area contributed by atoms with Crippen LogP contribution >= 0.6 is 23.1 Å². The fourth-order valence-electron chi connectivity index (χ4n) is 2.14. The van der Waals surface area contributed by atoms with Crippen LogP contribution in [0.25, 0.3) is 0 Å². The number of alkyl carbamates (subject to hydrolysis) is 1. The Hall–Kier alpha value is -2.32. The van der Waals surface area contributed by atoms with E-state index in [0.717, 1.165) is 15.3 Å². The molecule has 0 atom stereocenters. The van der Waals surface area contributed by atoms with Gasteiger partial charge in [0.15, 0.2) is 0 Å². The zero-order chi connectivity index (χ0) is 19.1. The molecule has 0 spiro atoms. The molecule has 1 aromatic heterocycles. The van der Waals surface area contributed by atoms with Crippen LogP contribution in [0.3, 0.4) is 0 Å². The SMILES string of the molecule is CCOC(=O)NC(=O)c1c(NC(=O)CSc2ccccc2)sc(C)c1C. The third-order valence-electron chi connectivity index (χ3n) is 3.47. The van der Waals surface area contributed by atoms with Crippen LogP contribution in [0.5, 0.6) is 0 Å². The highest BCUT2D eigenvalue weighted by Gasteiger charge is 2.22. The second-order valence-corrected chi connectivity index (χ2v) is 7.59. The fourth-order valence-corrected chi connectivity index (χ4v) is 3.93. The van der Waals surface area contributed by atoms with Crippen LogP contribution in [0.2, 0.25) is 0 Å². The van der Waals surface area contributed by atoms with Crippen LogP contribution in [0, 0.1) is 13.8 Å². The number of aryl methyl sites for hydroxylation is 1. The number of carbonyl (C=O) groups is 3. The van der Waals surface area contributed by atoms with Gasteiger partial charge in [-0.2, -0.15) is 0 Å². The van der Waals surface area contributed by atoms with E-state index < -0.39 is 12.0 Å². The number of imide groups is 1. The number of thiophene rings is 1. The van der Waals surface area contributed by atoms with Gasteiger partial charge in [0.2, 0.25) is 5.91 Å². The maximum atomic E-state index is 12.4. The predicted molar refractivity (Wildman–Crippen MR) is 104 cm³/mol. The van der Waals surface area contributed by atoms with Crippen molar-refractivity contribution in [3.05, 3.63) is 46.3 Å². The smallest absolute Gasteiger partial charge is 0.414 e. The molecule has 0 radical (unpaired) electrons. The van der Waals surface area contributed by atoms with Gasteiger partial charge in [-0.1, -0.05) is 18.2 Å². The van der Waals surface area contributed by atoms with Gasteiger partial charge in [-0.15, -0.1) is 23.1 Å². The maximum Gasteiger partial charge on any atom is 0.414 e. The van der Waals surface area contributed by atoms with Gasteiger partial charge >= 0.3 is 6.09 Å². The molecule has 138 valence electrons. The summed E-state index contributed by atoms with van der Waals surface area (Å²) >= 11 is 2.71. The maximum absolute atomic E-state index is 12.4. The summed E-state index contributed by atoms with van der Waals surface area (Å²) in [5.74, 6) is -0.583. The predicted octanol–water partition coefficient (Wildman–Crippen LogP) is 3.98. The normalized spacial score (nSPS) is 10.3. The van der Waals surface area contributed by atoms with Crippen molar-refractivity contribution >= 4 is 46.0 Å². The highest BCUT2D eigenvalue weighted by Crippen LogP contribution is 2.32. The van der Waals surface area contributed by atoms with Gasteiger partial charge < -0.3 is 10.1 Å². The molecule has 0 saturated carbocycles. The molecule has 1 heterocycles. The van der Waals surface area contributed by atoms with Crippen molar-refractivity contribution in [1.29, 1.82) is 0 Å². The molecular formula is C18H20N2O4S2. The van der Waals surface area contributed by atoms with Crippen LogP contribution in [-0.4, -0.2) is 30.3 Å². The minimum atomic E-state index is -0.808. The number of amides is 3. The van der Waals surface area contributed by atoms with Gasteiger partial charge in [0.25, 0.3) is 5.91 Å². The molecule has 0 fully saturated rings. The average molecular weight is 393 g/mol.